The Bertz CT molecular complexity index is 753. The van der Waals surface area contributed by atoms with E-state index in [-0.39, 0.29) is 17.2 Å². The second-order valence-electron chi connectivity index (χ2n) is 6.56. The molecule has 1 aliphatic rings. The van der Waals surface area contributed by atoms with Gasteiger partial charge in [-0.05, 0) is 25.5 Å². The molecule has 3 rings (SSSR count). The molecule has 0 spiro atoms. The van der Waals surface area contributed by atoms with Gasteiger partial charge in [-0.25, -0.2) is 15.0 Å². The SMILES string of the molecule is COCc1nc(C)ncc1OC[C@@]1(C)CC1C(=O)Nc1ccccn1. The van der Waals surface area contributed by atoms with Crippen molar-refractivity contribution in [3.8, 4) is 5.75 Å². The molecule has 1 aliphatic carbocycles. The number of nitrogens with zero attached hydrogens (tertiary/aromatic N) is 3. The van der Waals surface area contributed by atoms with E-state index in [1.807, 2.05) is 26.0 Å². The van der Waals surface area contributed by atoms with E-state index in [9.17, 15) is 4.79 Å². The highest BCUT2D eigenvalue weighted by atomic mass is 16.5. The first-order chi connectivity index (χ1) is 12.0. The molecule has 2 atom stereocenters. The van der Waals surface area contributed by atoms with E-state index in [4.69, 9.17) is 9.47 Å². The topological polar surface area (TPSA) is 86.2 Å². The summed E-state index contributed by atoms with van der Waals surface area (Å²) in [5.41, 5.74) is 0.516. The van der Waals surface area contributed by atoms with Crippen LogP contribution >= 0.6 is 0 Å². The fourth-order valence-electron chi connectivity index (χ4n) is 2.74. The first-order valence-electron chi connectivity index (χ1n) is 8.18. The number of ether oxygens (including phenoxy) is 2. The number of amides is 1. The van der Waals surface area contributed by atoms with Crippen molar-refractivity contribution in [1.82, 2.24) is 15.0 Å². The van der Waals surface area contributed by atoms with Crippen LogP contribution in [0.3, 0.4) is 0 Å². The second-order valence-corrected chi connectivity index (χ2v) is 6.56. The van der Waals surface area contributed by atoms with Crippen LogP contribution in [0.5, 0.6) is 5.75 Å². The van der Waals surface area contributed by atoms with E-state index in [2.05, 4.69) is 20.3 Å². The number of hydrogen-bond acceptors (Lipinski definition) is 6. The van der Waals surface area contributed by atoms with Crippen LogP contribution in [0.25, 0.3) is 0 Å². The van der Waals surface area contributed by atoms with Crippen molar-refractivity contribution in [2.75, 3.05) is 19.0 Å². The smallest absolute Gasteiger partial charge is 0.229 e. The van der Waals surface area contributed by atoms with Gasteiger partial charge in [0.1, 0.15) is 17.3 Å². The summed E-state index contributed by atoms with van der Waals surface area (Å²) in [7, 11) is 1.61. The molecule has 1 saturated carbocycles. The van der Waals surface area contributed by atoms with Gasteiger partial charge in [-0.15, -0.1) is 0 Å². The monoisotopic (exact) mass is 342 g/mol. The molecule has 2 heterocycles. The molecular weight excluding hydrogens is 320 g/mol. The summed E-state index contributed by atoms with van der Waals surface area (Å²) in [6.45, 7) is 4.65. The molecule has 7 nitrogen and oxygen atoms in total. The minimum Gasteiger partial charge on any atom is -0.489 e. The summed E-state index contributed by atoms with van der Waals surface area (Å²) < 4.78 is 11.1. The average molecular weight is 342 g/mol. The number of nitrogens with one attached hydrogen (secondary N) is 1. The summed E-state index contributed by atoms with van der Waals surface area (Å²) in [5, 5.41) is 2.85. The molecule has 0 radical (unpaired) electrons. The number of rotatable bonds is 7. The molecule has 1 unspecified atom stereocenters. The molecule has 0 bridgehead atoms. The van der Waals surface area contributed by atoms with Gasteiger partial charge >= 0.3 is 0 Å². The van der Waals surface area contributed by atoms with Crippen molar-refractivity contribution < 1.29 is 14.3 Å². The lowest BCUT2D eigenvalue weighted by molar-refractivity contribution is -0.118. The molecule has 132 valence electrons. The predicted octanol–water partition coefficient (Wildman–Crippen LogP) is 2.37. The van der Waals surface area contributed by atoms with Gasteiger partial charge < -0.3 is 14.8 Å². The predicted molar refractivity (Wildman–Crippen MR) is 92.1 cm³/mol. The van der Waals surface area contributed by atoms with E-state index >= 15 is 0 Å². The summed E-state index contributed by atoms with van der Waals surface area (Å²) in [6, 6.07) is 5.42. The van der Waals surface area contributed by atoms with Crippen LogP contribution < -0.4 is 10.1 Å². The van der Waals surface area contributed by atoms with Gasteiger partial charge in [0, 0.05) is 24.6 Å². The zero-order valence-corrected chi connectivity index (χ0v) is 14.7. The van der Waals surface area contributed by atoms with Crippen LogP contribution in [-0.2, 0) is 16.1 Å². The number of aryl methyl sites for hydroxylation is 1. The third-order valence-corrected chi connectivity index (χ3v) is 4.37. The van der Waals surface area contributed by atoms with Crippen molar-refractivity contribution in [2.24, 2.45) is 11.3 Å². The minimum atomic E-state index is -0.200. The third kappa shape index (κ3) is 4.11. The maximum absolute atomic E-state index is 12.4. The van der Waals surface area contributed by atoms with E-state index in [1.54, 1.807) is 25.6 Å². The standard InChI is InChI=1S/C18H22N4O3/c1-12-20-9-15(14(21-12)10-24-3)25-11-18(2)8-13(18)17(23)22-16-6-4-5-7-19-16/h4-7,9,13H,8,10-11H2,1-3H3,(H,19,22,23)/t13?,18-/m1/s1. The largest absolute Gasteiger partial charge is 0.489 e. The zero-order chi connectivity index (χ0) is 17.9. The Labute approximate surface area is 146 Å². The molecule has 25 heavy (non-hydrogen) atoms. The summed E-state index contributed by atoms with van der Waals surface area (Å²) >= 11 is 0. The highest BCUT2D eigenvalue weighted by Crippen LogP contribution is 2.52. The highest BCUT2D eigenvalue weighted by Gasteiger charge is 2.55. The van der Waals surface area contributed by atoms with Crippen LogP contribution in [0.2, 0.25) is 0 Å². The Kier molecular flexibility index (Phi) is 4.94. The molecule has 2 aromatic rings. The Morgan fingerprint density at radius 3 is 2.96 bits per heavy atom. The Morgan fingerprint density at radius 2 is 2.24 bits per heavy atom. The molecule has 1 fully saturated rings. The van der Waals surface area contributed by atoms with Gasteiger partial charge in [-0.2, -0.15) is 0 Å². The number of hydrogen-bond donors (Lipinski definition) is 1. The Morgan fingerprint density at radius 1 is 1.40 bits per heavy atom. The van der Waals surface area contributed by atoms with Crippen molar-refractivity contribution in [3.05, 3.63) is 42.1 Å². The summed E-state index contributed by atoms with van der Waals surface area (Å²) in [6.07, 6.45) is 4.09. The number of carbonyl (C=O) groups excluding carboxylic acids is 1. The fraction of sp³-hybridized carbons (Fsp3) is 0.444. The molecule has 0 saturated heterocycles. The van der Waals surface area contributed by atoms with Gasteiger partial charge in [0.15, 0.2) is 5.75 Å². The maximum Gasteiger partial charge on any atom is 0.229 e. The normalized spacial score (nSPS) is 21.6. The number of carbonyl (C=O) groups is 1. The molecule has 0 aliphatic heterocycles. The van der Waals surface area contributed by atoms with Gasteiger partial charge in [0.25, 0.3) is 0 Å². The molecule has 1 amide bonds. The van der Waals surface area contributed by atoms with Crippen LogP contribution in [0.1, 0.15) is 24.9 Å². The number of anilines is 1. The van der Waals surface area contributed by atoms with Crippen molar-refractivity contribution in [1.29, 1.82) is 0 Å². The van der Waals surface area contributed by atoms with Crippen LogP contribution in [-0.4, -0.2) is 34.6 Å². The molecule has 2 aromatic heterocycles. The van der Waals surface area contributed by atoms with Crippen molar-refractivity contribution >= 4 is 11.7 Å². The third-order valence-electron chi connectivity index (χ3n) is 4.37. The van der Waals surface area contributed by atoms with Gasteiger partial charge in [-0.1, -0.05) is 13.0 Å². The van der Waals surface area contributed by atoms with Crippen molar-refractivity contribution in [2.45, 2.75) is 26.9 Å². The number of methoxy groups -OCH3 is 1. The summed E-state index contributed by atoms with van der Waals surface area (Å²) in [5.74, 6) is 1.72. The zero-order valence-electron chi connectivity index (χ0n) is 14.7. The molecule has 1 N–H and O–H groups in total. The quantitative estimate of drug-likeness (QED) is 0.831. The van der Waals surface area contributed by atoms with Crippen molar-refractivity contribution in [3.63, 3.8) is 0 Å². The lowest BCUT2D eigenvalue weighted by Crippen LogP contribution is -2.22. The Balaban J connectivity index is 1.58. The van der Waals surface area contributed by atoms with Gasteiger partial charge in [0.05, 0.1) is 19.4 Å². The van der Waals surface area contributed by atoms with Gasteiger partial charge in [0.2, 0.25) is 5.91 Å². The van der Waals surface area contributed by atoms with Crippen LogP contribution in [0.15, 0.2) is 30.6 Å². The maximum atomic E-state index is 12.4. The highest BCUT2D eigenvalue weighted by molar-refractivity contribution is 5.94. The molecule has 7 heteroatoms. The minimum absolute atomic E-state index is 0.0259. The fourth-order valence-corrected chi connectivity index (χ4v) is 2.74. The van der Waals surface area contributed by atoms with Crippen LogP contribution in [0, 0.1) is 18.3 Å². The van der Waals surface area contributed by atoms with E-state index < -0.39 is 0 Å². The van der Waals surface area contributed by atoms with E-state index in [0.717, 1.165) is 6.42 Å². The average Bonchev–Trinajstić information content (AvgIpc) is 3.28. The summed E-state index contributed by atoms with van der Waals surface area (Å²) in [4.78, 5) is 25.0. The van der Waals surface area contributed by atoms with Crippen LogP contribution in [0.4, 0.5) is 5.82 Å². The molecular formula is C18H22N4O3. The second kappa shape index (κ2) is 7.14. The first kappa shape index (κ1) is 17.3. The number of pyridine rings is 1. The van der Waals surface area contributed by atoms with E-state index in [0.29, 0.717) is 36.3 Å². The van der Waals surface area contributed by atoms with Gasteiger partial charge in [-0.3, -0.25) is 4.79 Å². The lowest BCUT2D eigenvalue weighted by Gasteiger charge is -2.15. The molecule has 0 aromatic carbocycles. The van der Waals surface area contributed by atoms with E-state index in [1.165, 1.54) is 0 Å². The first-order valence-corrected chi connectivity index (χ1v) is 8.18. The lowest BCUT2D eigenvalue weighted by atomic mass is 10.1. The Hall–Kier alpha value is -2.54. The number of aromatic nitrogens is 3.